The molecule has 1 amide bonds. The lowest BCUT2D eigenvalue weighted by Crippen LogP contribution is -2.51. The van der Waals surface area contributed by atoms with Crippen LogP contribution in [0.3, 0.4) is 0 Å². The van der Waals surface area contributed by atoms with Crippen molar-refractivity contribution in [2.45, 2.75) is 52.5 Å². The van der Waals surface area contributed by atoms with Gasteiger partial charge in [-0.3, -0.25) is 9.69 Å². The number of likely N-dealkylation sites (tertiary alicyclic amines) is 1. The third-order valence-electron chi connectivity index (χ3n) is 8.75. The number of carbonyl (C=O) groups is 1. The first-order valence-corrected chi connectivity index (χ1v) is 14.1. The van der Waals surface area contributed by atoms with Crippen LogP contribution in [0.15, 0.2) is 24.3 Å². The predicted molar refractivity (Wildman–Crippen MR) is 148 cm³/mol. The van der Waals surface area contributed by atoms with E-state index in [0.717, 1.165) is 112 Å². The molecule has 202 valence electrons. The fraction of sp³-hybridized carbons (Fsp3) is 0.586. The molecule has 3 aliphatic rings. The van der Waals surface area contributed by atoms with Crippen LogP contribution < -0.4 is 4.90 Å². The number of rotatable bonds is 4. The lowest BCUT2D eigenvalue weighted by atomic mass is 9.93. The standard InChI is InChI=1S/C29H39N7O2/c1-20-4-6-25(7-5-20)36-22(3)26-21(2)30-31-28(27(26)32-36)34-12-8-23(9-13-34)29(37)35-14-10-24(11-15-35)33-16-18-38-19-17-33/h4-7,23-24H,8-19H2,1-3H3. The van der Waals surface area contributed by atoms with Crippen molar-refractivity contribution in [1.82, 2.24) is 29.8 Å². The van der Waals surface area contributed by atoms with Crippen molar-refractivity contribution in [3.63, 3.8) is 0 Å². The van der Waals surface area contributed by atoms with Crippen LogP contribution in [-0.2, 0) is 9.53 Å². The van der Waals surface area contributed by atoms with Crippen LogP contribution >= 0.6 is 0 Å². The van der Waals surface area contributed by atoms with Crippen molar-refractivity contribution in [1.29, 1.82) is 0 Å². The van der Waals surface area contributed by atoms with Gasteiger partial charge in [-0.15, -0.1) is 5.10 Å². The average Bonchev–Trinajstić information content (AvgIpc) is 3.32. The quantitative estimate of drug-likeness (QED) is 0.526. The molecule has 5 heterocycles. The Bertz CT molecular complexity index is 1280. The summed E-state index contributed by atoms with van der Waals surface area (Å²) in [7, 11) is 0. The van der Waals surface area contributed by atoms with E-state index in [1.54, 1.807) is 0 Å². The van der Waals surface area contributed by atoms with Crippen molar-refractivity contribution in [2.75, 3.05) is 57.4 Å². The van der Waals surface area contributed by atoms with E-state index in [2.05, 4.69) is 63.0 Å². The summed E-state index contributed by atoms with van der Waals surface area (Å²) in [5, 5.41) is 15.2. The molecular weight excluding hydrogens is 478 g/mol. The summed E-state index contributed by atoms with van der Waals surface area (Å²) in [5.41, 5.74) is 5.12. The summed E-state index contributed by atoms with van der Waals surface area (Å²) in [6, 6.07) is 9.02. The van der Waals surface area contributed by atoms with Gasteiger partial charge in [0.05, 0.1) is 35.7 Å². The third-order valence-corrected chi connectivity index (χ3v) is 8.75. The van der Waals surface area contributed by atoms with Crippen LogP contribution in [0.4, 0.5) is 5.82 Å². The largest absolute Gasteiger partial charge is 0.379 e. The SMILES string of the molecule is Cc1ccc(-n2nc3c(N4CCC(C(=O)N5CCC(N6CCOCC6)CC5)CC4)nnc(C)c3c2C)cc1. The molecule has 0 spiro atoms. The summed E-state index contributed by atoms with van der Waals surface area (Å²) in [4.78, 5) is 20.3. The Morgan fingerprint density at radius 2 is 1.55 bits per heavy atom. The summed E-state index contributed by atoms with van der Waals surface area (Å²) in [5.74, 6) is 1.26. The van der Waals surface area contributed by atoms with E-state index in [9.17, 15) is 4.79 Å². The van der Waals surface area contributed by atoms with Gasteiger partial charge in [-0.1, -0.05) is 17.7 Å². The average molecular weight is 518 g/mol. The molecule has 3 saturated heterocycles. The Balaban J connectivity index is 1.12. The van der Waals surface area contributed by atoms with Gasteiger partial charge >= 0.3 is 0 Å². The normalized spacial score (nSPS) is 20.4. The monoisotopic (exact) mass is 517 g/mol. The zero-order valence-electron chi connectivity index (χ0n) is 22.9. The highest BCUT2D eigenvalue weighted by atomic mass is 16.5. The number of benzene rings is 1. The van der Waals surface area contributed by atoms with Crippen LogP contribution in [0.5, 0.6) is 0 Å². The maximum Gasteiger partial charge on any atom is 0.225 e. The van der Waals surface area contributed by atoms with Crippen molar-refractivity contribution in [3.8, 4) is 5.69 Å². The Morgan fingerprint density at radius 1 is 0.868 bits per heavy atom. The molecule has 0 aliphatic carbocycles. The van der Waals surface area contributed by atoms with E-state index in [0.29, 0.717) is 11.9 Å². The Kier molecular flexibility index (Phi) is 7.05. The molecule has 6 rings (SSSR count). The van der Waals surface area contributed by atoms with Crippen molar-refractivity contribution < 1.29 is 9.53 Å². The minimum Gasteiger partial charge on any atom is -0.379 e. The molecule has 3 aromatic rings. The molecule has 0 saturated carbocycles. The number of fused-ring (bicyclic) bond motifs is 1. The van der Waals surface area contributed by atoms with Gasteiger partial charge in [0.2, 0.25) is 5.91 Å². The molecule has 9 nitrogen and oxygen atoms in total. The van der Waals surface area contributed by atoms with Crippen molar-refractivity contribution in [2.24, 2.45) is 5.92 Å². The van der Waals surface area contributed by atoms with Gasteiger partial charge in [0.1, 0.15) is 5.52 Å². The van der Waals surface area contributed by atoms with Crippen LogP contribution in [0.2, 0.25) is 0 Å². The molecule has 0 bridgehead atoms. The summed E-state index contributed by atoms with van der Waals surface area (Å²) < 4.78 is 7.51. The molecule has 0 unspecified atom stereocenters. The second kappa shape index (κ2) is 10.6. The first kappa shape index (κ1) is 25.2. The maximum absolute atomic E-state index is 13.4. The maximum atomic E-state index is 13.4. The smallest absolute Gasteiger partial charge is 0.225 e. The number of carbonyl (C=O) groups excluding carboxylic acids is 1. The Labute approximate surface area is 224 Å². The number of aryl methyl sites for hydroxylation is 3. The van der Waals surface area contributed by atoms with E-state index in [4.69, 9.17) is 9.84 Å². The highest BCUT2D eigenvalue weighted by Crippen LogP contribution is 2.32. The highest BCUT2D eigenvalue weighted by Gasteiger charge is 2.33. The first-order valence-electron chi connectivity index (χ1n) is 14.1. The van der Waals surface area contributed by atoms with Gasteiger partial charge in [-0.2, -0.15) is 10.2 Å². The zero-order chi connectivity index (χ0) is 26.2. The van der Waals surface area contributed by atoms with E-state index in [-0.39, 0.29) is 5.92 Å². The number of piperidine rings is 2. The lowest BCUT2D eigenvalue weighted by molar-refractivity contribution is -0.138. The number of aromatic nitrogens is 4. The van der Waals surface area contributed by atoms with E-state index in [1.165, 1.54) is 5.56 Å². The molecule has 3 aliphatic heterocycles. The van der Waals surface area contributed by atoms with Crippen molar-refractivity contribution in [3.05, 3.63) is 41.2 Å². The third kappa shape index (κ3) is 4.78. The van der Waals surface area contributed by atoms with Crippen LogP contribution in [0.25, 0.3) is 16.6 Å². The second-order valence-corrected chi connectivity index (χ2v) is 11.1. The molecule has 3 fully saturated rings. The van der Waals surface area contributed by atoms with E-state index in [1.807, 2.05) is 11.6 Å². The molecule has 2 aromatic heterocycles. The lowest BCUT2D eigenvalue weighted by Gasteiger charge is -2.41. The molecular formula is C29H39N7O2. The molecule has 9 heteroatoms. The van der Waals surface area contributed by atoms with Crippen LogP contribution in [0, 0.1) is 26.7 Å². The van der Waals surface area contributed by atoms with Gasteiger partial charge in [0.25, 0.3) is 0 Å². The molecule has 0 N–H and O–H groups in total. The first-order chi connectivity index (χ1) is 18.5. The molecule has 0 atom stereocenters. The fourth-order valence-corrected chi connectivity index (χ4v) is 6.45. The second-order valence-electron chi connectivity index (χ2n) is 11.1. The topological polar surface area (TPSA) is 79.6 Å². The number of nitrogens with zero attached hydrogens (tertiary/aromatic N) is 7. The number of ether oxygens (including phenoxy) is 1. The van der Waals surface area contributed by atoms with Gasteiger partial charge in [-0.25, -0.2) is 4.68 Å². The predicted octanol–water partition coefficient (Wildman–Crippen LogP) is 3.28. The molecule has 0 radical (unpaired) electrons. The van der Waals surface area contributed by atoms with Gasteiger partial charge in [0, 0.05) is 51.2 Å². The Hall–Kier alpha value is -3.04. The summed E-state index contributed by atoms with van der Waals surface area (Å²) in [6.45, 7) is 13.2. The minimum absolute atomic E-state index is 0.0898. The molecule has 1 aromatic carbocycles. The van der Waals surface area contributed by atoms with Crippen molar-refractivity contribution >= 4 is 22.6 Å². The number of morpholine rings is 1. The highest BCUT2D eigenvalue weighted by molar-refractivity contribution is 5.92. The minimum atomic E-state index is 0.0898. The Morgan fingerprint density at radius 3 is 2.24 bits per heavy atom. The van der Waals surface area contributed by atoms with Crippen LogP contribution in [0.1, 0.15) is 42.6 Å². The zero-order valence-corrected chi connectivity index (χ0v) is 22.9. The molecule has 38 heavy (non-hydrogen) atoms. The number of amides is 1. The van der Waals surface area contributed by atoms with Gasteiger partial charge in [-0.05, 0) is 58.6 Å². The van der Waals surface area contributed by atoms with E-state index < -0.39 is 0 Å². The van der Waals surface area contributed by atoms with Crippen LogP contribution in [-0.4, -0.2) is 94.2 Å². The number of anilines is 1. The summed E-state index contributed by atoms with van der Waals surface area (Å²) in [6.07, 6.45) is 3.84. The van der Waals surface area contributed by atoms with E-state index >= 15 is 0 Å². The van der Waals surface area contributed by atoms with Gasteiger partial charge in [0.15, 0.2) is 5.82 Å². The fourth-order valence-electron chi connectivity index (χ4n) is 6.45. The van der Waals surface area contributed by atoms with Gasteiger partial charge < -0.3 is 14.5 Å². The number of hydrogen-bond acceptors (Lipinski definition) is 7. The number of hydrogen-bond donors (Lipinski definition) is 0. The summed E-state index contributed by atoms with van der Waals surface area (Å²) >= 11 is 0.